The van der Waals surface area contributed by atoms with E-state index in [-0.39, 0.29) is 23.4 Å². The molecule has 0 aromatic heterocycles. The van der Waals surface area contributed by atoms with Crippen molar-refractivity contribution >= 4 is 17.6 Å². The number of carbonyl (C=O) groups excluding carboxylic acids is 1. The molecule has 1 aromatic carbocycles. The lowest BCUT2D eigenvalue weighted by molar-refractivity contribution is -0.385. The van der Waals surface area contributed by atoms with Crippen molar-refractivity contribution in [2.45, 2.75) is 13.3 Å². The van der Waals surface area contributed by atoms with Gasteiger partial charge in [0, 0.05) is 6.07 Å². The molecule has 7 nitrogen and oxygen atoms in total. The number of aliphatic carboxylic acids is 1. The van der Waals surface area contributed by atoms with Crippen LogP contribution in [0.25, 0.3) is 0 Å². The van der Waals surface area contributed by atoms with Crippen LogP contribution in [0.15, 0.2) is 18.2 Å². The lowest BCUT2D eigenvalue weighted by Gasteiger charge is -2.02. The maximum absolute atomic E-state index is 11.5. The van der Waals surface area contributed by atoms with Crippen molar-refractivity contribution in [2.24, 2.45) is 0 Å². The number of nitro groups is 1. The second-order valence-corrected chi connectivity index (χ2v) is 3.58. The number of carboxylic acid groups (broad SMARTS) is 1. The Balaban J connectivity index is 3.13. The highest BCUT2D eigenvalue weighted by Gasteiger charge is 2.17. The van der Waals surface area contributed by atoms with E-state index in [2.05, 4.69) is 11.8 Å². The summed E-state index contributed by atoms with van der Waals surface area (Å²) < 4.78 is 4.74. The van der Waals surface area contributed by atoms with Gasteiger partial charge >= 0.3 is 11.9 Å². The fourth-order valence-electron chi connectivity index (χ4n) is 1.34. The molecular weight excluding hydrogens is 266 g/mol. The summed E-state index contributed by atoms with van der Waals surface area (Å²) in [5, 5.41) is 19.4. The van der Waals surface area contributed by atoms with Crippen LogP contribution in [0.3, 0.4) is 0 Å². The summed E-state index contributed by atoms with van der Waals surface area (Å²) in [4.78, 5) is 32.0. The van der Waals surface area contributed by atoms with E-state index in [1.165, 1.54) is 12.1 Å². The van der Waals surface area contributed by atoms with Gasteiger partial charge < -0.3 is 9.84 Å². The molecule has 1 rings (SSSR count). The smallest absolute Gasteiger partial charge is 0.338 e. The molecule has 0 atom stereocenters. The van der Waals surface area contributed by atoms with Crippen LogP contribution in [0.5, 0.6) is 0 Å². The molecule has 0 heterocycles. The number of hydrogen-bond donors (Lipinski definition) is 1. The van der Waals surface area contributed by atoms with Crippen LogP contribution >= 0.6 is 0 Å². The first kappa shape index (κ1) is 15.2. The molecule has 104 valence electrons. The minimum atomic E-state index is -1.12. The van der Waals surface area contributed by atoms with Crippen molar-refractivity contribution in [3.05, 3.63) is 39.4 Å². The van der Waals surface area contributed by atoms with E-state index < -0.39 is 23.3 Å². The third-order valence-corrected chi connectivity index (χ3v) is 2.17. The lowest BCUT2D eigenvalue weighted by atomic mass is 10.1. The quantitative estimate of drug-likeness (QED) is 0.387. The van der Waals surface area contributed by atoms with Gasteiger partial charge in [0.2, 0.25) is 0 Å². The van der Waals surface area contributed by atoms with Gasteiger partial charge in [0.15, 0.2) is 0 Å². The Morgan fingerprint density at radius 2 is 2.15 bits per heavy atom. The van der Waals surface area contributed by atoms with E-state index in [0.29, 0.717) is 0 Å². The Labute approximate surface area is 114 Å². The van der Waals surface area contributed by atoms with Gasteiger partial charge in [-0.05, 0) is 19.1 Å². The zero-order chi connectivity index (χ0) is 15.1. The van der Waals surface area contributed by atoms with Gasteiger partial charge in [-0.15, -0.1) is 0 Å². The summed E-state index contributed by atoms with van der Waals surface area (Å²) in [5.41, 5.74) is -0.278. The van der Waals surface area contributed by atoms with Gasteiger partial charge in [-0.1, -0.05) is 11.8 Å². The van der Waals surface area contributed by atoms with Crippen LogP contribution in [0.4, 0.5) is 5.69 Å². The summed E-state index contributed by atoms with van der Waals surface area (Å²) in [6.45, 7) is 1.78. The van der Waals surface area contributed by atoms with Gasteiger partial charge in [0.25, 0.3) is 5.69 Å². The summed E-state index contributed by atoms with van der Waals surface area (Å²) in [7, 11) is 0. The second kappa shape index (κ2) is 6.89. The second-order valence-electron chi connectivity index (χ2n) is 3.58. The van der Waals surface area contributed by atoms with Crippen molar-refractivity contribution in [3.63, 3.8) is 0 Å². The summed E-state index contributed by atoms with van der Waals surface area (Å²) in [5.74, 6) is 2.91. The largest absolute Gasteiger partial charge is 0.481 e. The molecule has 1 aromatic rings. The van der Waals surface area contributed by atoms with E-state index in [1.54, 1.807) is 6.92 Å². The molecule has 1 N–H and O–H groups in total. The number of carbonyl (C=O) groups is 2. The van der Waals surface area contributed by atoms with Gasteiger partial charge in [-0.25, -0.2) is 4.79 Å². The minimum Gasteiger partial charge on any atom is -0.481 e. The average molecular weight is 277 g/mol. The molecule has 7 heteroatoms. The molecule has 0 amide bonds. The van der Waals surface area contributed by atoms with Crippen molar-refractivity contribution in [1.29, 1.82) is 0 Å². The lowest BCUT2D eigenvalue weighted by Crippen LogP contribution is -2.05. The normalized spacial score (nSPS) is 9.25. The summed E-state index contributed by atoms with van der Waals surface area (Å²) >= 11 is 0. The van der Waals surface area contributed by atoms with Gasteiger partial charge in [0.05, 0.1) is 17.1 Å². The topological polar surface area (TPSA) is 107 Å². The Hall–Kier alpha value is -2.88. The highest BCUT2D eigenvalue weighted by Crippen LogP contribution is 2.20. The molecule has 0 saturated carbocycles. The van der Waals surface area contributed by atoms with Crippen LogP contribution in [-0.2, 0) is 9.53 Å². The van der Waals surface area contributed by atoms with Crippen LogP contribution < -0.4 is 0 Å². The maximum Gasteiger partial charge on any atom is 0.338 e. The minimum absolute atomic E-state index is 0.0438. The number of nitro benzene ring substituents is 1. The Kier molecular flexibility index (Phi) is 5.23. The highest BCUT2D eigenvalue weighted by atomic mass is 16.6. The number of nitrogens with zero attached hydrogens (tertiary/aromatic N) is 1. The van der Waals surface area contributed by atoms with Crippen LogP contribution in [0, 0.1) is 22.0 Å². The molecule has 0 bridgehead atoms. The van der Waals surface area contributed by atoms with Crippen molar-refractivity contribution in [2.75, 3.05) is 6.61 Å². The fourth-order valence-corrected chi connectivity index (χ4v) is 1.34. The molecule has 0 aliphatic heterocycles. The molecule has 0 fully saturated rings. The molecule has 0 spiro atoms. The van der Waals surface area contributed by atoms with Gasteiger partial charge in [-0.2, -0.15) is 0 Å². The average Bonchev–Trinajstić information content (AvgIpc) is 2.38. The van der Waals surface area contributed by atoms with Gasteiger partial charge in [0.1, 0.15) is 12.0 Å². The van der Waals surface area contributed by atoms with Crippen LogP contribution in [0.1, 0.15) is 29.3 Å². The monoisotopic (exact) mass is 277 g/mol. The van der Waals surface area contributed by atoms with Crippen molar-refractivity contribution in [1.82, 2.24) is 0 Å². The number of hydrogen-bond acceptors (Lipinski definition) is 5. The van der Waals surface area contributed by atoms with Crippen LogP contribution in [0.2, 0.25) is 0 Å². The summed E-state index contributed by atoms with van der Waals surface area (Å²) in [6.07, 6.45) is -0.420. The molecule has 20 heavy (non-hydrogen) atoms. The first-order valence-corrected chi connectivity index (χ1v) is 5.62. The number of esters is 1. The predicted molar refractivity (Wildman–Crippen MR) is 68.2 cm³/mol. The Morgan fingerprint density at radius 1 is 1.45 bits per heavy atom. The molecule has 0 saturated heterocycles. The molecule has 0 aliphatic rings. The first-order valence-electron chi connectivity index (χ1n) is 5.62. The van der Waals surface area contributed by atoms with E-state index in [4.69, 9.17) is 9.84 Å². The predicted octanol–water partition coefficient (Wildman–Crippen LogP) is 1.60. The zero-order valence-corrected chi connectivity index (χ0v) is 10.6. The molecular formula is C13H11NO6. The Bertz CT molecular complexity index is 611. The zero-order valence-electron chi connectivity index (χ0n) is 10.6. The van der Waals surface area contributed by atoms with Crippen molar-refractivity contribution < 1.29 is 24.4 Å². The maximum atomic E-state index is 11.5. The molecule has 0 aliphatic carbocycles. The number of ether oxygens (including phenoxy) is 1. The first-order chi connectivity index (χ1) is 9.45. The SMILES string of the molecule is CCOC(=O)c1ccc(C#CCC(=O)O)c([N+](=O)[O-])c1. The standard InChI is InChI=1S/C13H11NO6/c1-2-20-13(17)10-7-6-9(4-3-5-12(15)16)11(8-10)14(18)19/h6-8H,2,5H2,1H3,(H,15,16). The van der Waals surface area contributed by atoms with E-state index in [0.717, 1.165) is 6.07 Å². The molecule has 0 unspecified atom stereocenters. The van der Waals surface area contributed by atoms with Crippen molar-refractivity contribution in [3.8, 4) is 11.8 Å². The highest BCUT2D eigenvalue weighted by molar-refractivity contribution is 5.90. The van der Waals surface area contributed by atoms with E-state index >= 15 is 0 Å². The van der Waals surface area contributed by atoms with Gasteiger partial charge in [-0.3, -0.25) is 14.9 Å². The fraction of sp³-hybridized carbons (Fsp3) is 0.231. The van der Waals surface area contributed by atoms with Crippen LogP contribution in [-0.4, -0.2) is 28.6 Å². The summed E-state index contributed by atoms with van der Waals surface area (Å²) in [6, 6.07) is 3.69. The number of rotatable bonds is 4. The molecule has 0 radical (unpaired) electrons. The third-order valence-electron chi connectivity index (χ3n) is 2.17. The van der Waals surface area contributed by atoms with E-state index in [1.807, 2.05) is 0 Å². The number of carboxylic acids is 1. The van der Waals surface area contributed by atoms with E-state index in [9.17, 15) is 19.7 Å². The third kappa shape index (κ3) is 4.10. The Morgan fingerprint density at radius 3 is 2.70 bits per heavy atom. The number of benzene rings is 1.